The molecule has 0 unspecified atom stereocenters. The number of carboxylic acid groups (broad SMARTS) is 1. The number of benzene rings is 2. The average molecular weight is 425 g/mol. The van der Waals surface area contributed by atoms with Gasteiger partial charge in [-0.1, -0.05) is 0 Å². The molecule has 0 radical (unpaired) electrons. The summed E-state index contributed by atoms with van der Waals surface area (Å²) in [5.41, 5.74) is 0.207. The minimum Gasteiger partial charge on any atom is -0.495 e. The molecular formula is C19H17F2NO6S. The molecule has 0 atom stereocenters. The molecule has 1 heterocycles. The molecule has 0 aliphatic carbocycles. The van der Waals surface area contributed by atoms with Gasteiger partial charge in [0.1, 0.15) is 35.1 Å². The van der Waals surface area contributed by atoms with E-state index in [1.54, 1.807) is 0 Å². The molecule has 0 saturated carbocycles. The lowest BCUT2D eigenvalue weighted by atomic mass is 10.0. The number of furan rings is 1. The molecule has 3 rings (SSSR count). The van der Waals surface area contributed by atoms with Gasteiger partial charge in [0, 0.05) is 17.0 Å². The summed E-state index contributed by atoms with van der Waals surface area (Å²) in [4.78, 5) is 11.9. The Morgan fingerprint density at radius 3 is 2.41 bits per heavy atom. The fourth-order valence-electron chi connectivity index (χ4n) is 3.03. The number of aromatic carboxylic acids is 1. The standard InChI is InChI=1S/C19H17F2NO6S/c1-27-16-9-13-15(10-14(16)22(8-7-20)29(2,25)26)28-18(17(13)19(23)24)11-3-5-12(21)6-4-11/h3-6,9-10H,7-8H2,1-2H3,(H,23,24). The molecule has 3 aromatic rings. The maximum atomic E-state index is 13.2. The van der Waals surface area contributed by atoms with Crippen molar-refractivity contribution in [2.24, 2.45) is 0 Å². The quantitative estimate of drug-likeness (QED) is 0.620. The van der Waals surface area contributed by atoms with Crippen molar-refractivity contribution in [3.63, 3.8) is 0 Å². The second-order valence-corrected chi connectivity index (χ2v) is 8.07. The molecule has 29 heavy (non-hydrogen) atoms. The molecule has 1 aromatic heterocycles. The first kappa shape index (κ1) is 20.6. The van der Waals surface area contributed by atoms with Gasteiger partial charge >= 0.3 is 5.97 Å². The molecule has 0 fully saturated rings. The lowest BCUT2D eigenvalue weighted by Crippen LogP contribution is -2.32. The van der Waals surface area contributed by atoms with Crippen LogP contribution in [0.25, 0.3) is 22.3 Å². The second-order valence-electron chi connectivity index (χ2n) is 6.16. The molecule has 7 nitrogen and oxygen atoms in total. The largest absolute Gasteiger partial charge is 0.495 e. The van der Waals surface area contributed by atoms with Gasteiger partial charge in [0.05, 0.1) is 25.6 Å². The highest BCUT2D eigenvalue weighted by molar-refractivity contribution is 7.92. The van der Waals surface area contributed by atoms with Crippen molar-refractivity contribution in [1.82, 2.24) is 0 Å². The monoisotopic (exact) mass is 425 g/mol. The lowest BCUT2D eigenvalue weighted by Gasteiger charge is -2.23. The second kappa shape index (κ2) is 7.70. The van der Waals surface area contributed by atoms with E-state index < -0.39 is 35.0 Å². The van der Waals surface area contributed by atoms with E-state index in [1.807, 2.05) is 0 Å². The number of halogens is 2. The highest BCUT2D eigenvalue weighted by Gasteiger charge is 2.27. The van der Waals surface area contributed by atoms with Gasteiger partial charge in [-0.15, -0.1) is 0 Å². The molecule has 1 N–H and O–H groups in total. The smallest absolute Gasteiger partial charge is 0.340 e. The van der Waals surface area contributed by atoms with Gasteiger partial charge in [0.2, 0.25) is 10.0 Å². The zero-order valence-corrected chi connectivity index (χ0v) is 16.3. The van der Waals surface area contributed by atoms with Crippen molar-refractivity contribution >= 4 is 32.6 Å². The zero-order valence-electron chi connectivity index (χ0n) is 15.5. The van der Waals surface area contributed by atoms with Gasteiger partial charge in [-0.05, 0) is 30.3 Å². The van der Waals surface area contributed by atoms with Gasteiger partial charge in [0.25, 0.3) is 0 Å². The molecule has 0 aliphatic rings. The number of sulfonamides is 1. The van der Waals surface area contributed by atoms with Crippen LogP contribution in [0, 0.1) is 5.82 Å². The number of ether oxygens (including phenoxy) is 1. The molecule has 10 heteroatoms. The van der Waals surface area contributed by atoms with Crippen LogP contribution in [0.3, 0.4) is 0 Å². The first-order valence-corrected chi connectivity index (χ1v) is 10.2. The Bertz CT molecular complexity index is 1170. The highest BCUT2D eigenvalue weighted by atomic mass is 32.2. The fraction of sp³-hybridized carbons (Fsp3) is 0.211. The highest BCUT2D eigenvalue weighted by Crippen LogP contribution is 2.40. The van der Waals surface area contributed by atoms with Crippen molar-refractivity contribution in [3.05, 3.63) is 47.8 Å². The third kappa shape index (κ3) is 3.88. The molecule has 0 amide bonds. The number of rotatable bonds is 7. The Morgan fingerprint density at radius 1 is 1.24 bits per heavy atom. The van der Waals surface area contributed by atoms with Crippen LogP contribution in [0.4, 0.5) is 14.5 Å². The Morgan fingerprint density at radius 2 is 1.90 bits per heavy atom. The first-order valence-electron chi connectivity index (χ1n) is 8.34. The summed E-state index contributed by atoms with van der Waals surface area (Å²) in [6, 6.07) is 7.65. The number of hydrogen-bond donors (Lipinski definition) is 1. The van der Waals surface area contributed by atoms with Crippen LogP contribution in [0.15, 0.2) is 40.8 Å². The minimum atomic E-state index is -3.84. The van der Waals surface area contributed by atoms with Gasteiger partial charge in [-0.2, -0.15) is 0 Å². The van der Waals surface area contributed by atoms with Crippen LogP contribution in [-0.4, -0.2) is 46.1 Å². The number of carboxylic acids is 1. The maximum absolute atomic E-state index is 13.2. The molecule has 0 spiro atoms. The summed E-state index contributed by atoms with van der Waals surface area (Å²) in [5, 5.41) is 9.85. The predicted molar refractivity (Wildman–Crippen MR) is 103 cm³/mol. The summed E-state index contributed by atoms with van der Waals surface area (Å²) in [6.07, 6.45) is 0.918. The molecule has 0 saturated heterocycles. The van der Waals surface area contributed by atoms with E-state index in [0.29, 0.717) is 5.56 Å². The molecule has 2 aromatic carbocycles. The van der Waals surface area contributed by atoms with Crippen molar-refractivity contribution in [2.75, 3.05) is 30.9 Å². The van der Waals surface area contributed by atoms with Crippen LogP contribution in [-0.2, 0) is 10.0 Å². The fourth-order valence-corrected chi connectivity index (χ4v) is 3.93. The van der Waals surface area contributed by atoms with E-state index in [1.165, 1.54) is 31.4 Å². The Balaban J connectivity index is 2.31. The van der Waals surface area contributed by atoms with E-state index in [0.717, 1.165) is 22.7 Å². The van der Waals surface area contributed by atoms with Gasteiger partial charge in [0.15, 0.2) is 0 Å². The number of nitrogens with zero attached hydrogens (tertiary/aromatic N) is 1. The third-order valence-electron chi connectivity index (χ3n) is 4.27. The van der Waals surface area contributed by atoms with Gasteiger partial charge < -0.3 is 14.3 Å². The molecule has 0 bridgehead atoms. The summed E-state index contributed by atoms with van der Waals surface area (Å²) < 4.78 is 62.1. The predicted octanol–water partition coefficient (Wildman–Crippen LogP) is 3.68. The Kier molecular flexibility index (Phi) is 5.47. The van der Waals surface area contributed by atoms with Gasteiger partial charge in [-0.25, -0.2) is 22.0 Å². The number of alkyl halides is 1. The molecule has 0 aliphatic heterocycles. The molecular weight excluding hydrogens is 408 g/mol. The van der Waals surface area contributed by atoms with Crippen LogP contribution in [0.2, 0.25) is 0 Å². The van der Waals surface area contributed by atoms with Crippen molar-refractivity contribution in [3.8, 4) is 17.1 Å². The normalized spacial score (nSPS) is 11.6. The Hall–Kier alpha value is -3.14. The summed E-state index contributed by atoms with van der Waals surface area (Å²) in [6.45, 7) is -1.38. The summed E-state index contributed by atoms with van der Waals surface area (Å²) in [5.74, 6) is -1.78. The maximum Gasteiger partial charge on any atom is 0.340 e. The lowest BCUT2D eigenvalue weighted by molar-refractivity contribution is 0.0699. The SMILES string of the molecule is COc1cc2c(C(=O)O)c(-c3ccc(F)cc3)oc2cc1N(CCF)S(C)(=O)=O. The van der Waals surface area contributed by atoms with E-state index >= 15 is 0 Å². The topological polar surface area (TPSA) is 97.1 Å². The van der Waals surface area contributed by atoms with E-state index in [-0.39, 0.29) is 33.7 Å². The van der Waals surface area contributed by atoms with E-state index in [4.69, 9.17) is 9.15 Å². The van der Waals surface area contributed by atoms with Crippen LogP contribution >= 0.6 is 0 Å². The van der Waals surface area contributed by atoms with Crippen molar-refractivity contribution in [1.29, 1.82) is 0 Å². The van der Waals surface area contributed by atoms with E-state index in [9.17, 15) is 27.1 Å². The third-order valence-corrected chi connectivity index (χ3v) is 5.45. The van der Waals surface area contributed by atoms with Crippen molar-refractivity contribution < 1.29 is 36.3 Å². The Labute approximate surface area is 165 Å². The van der Waals surface area contributed by atoms with Crippen LogP contribution in [0.1, 0.15) is 10.4 Å². The van der Waals surface area contributed by atoms with Crippen molar-refractivity contribution in [2.45, 2.75) is 0 Å². The zero-order chi connectivity index (χ0) is 21.3. The first-order chi connectivity index (χ1) is 13.7. The van der Waals surface area contributed by atoms with Gasteiger partial charge in [-0.3, -0.25) is 4.31 Å². The minimum absolute atomic E-state index is 0.0106. The summed E-state index contributed by atoms with van der Waals surface area (Å²) in [7, 11) is -2.56. The number of fused-ring (bicyclic) bond motifs is 1. The van der Waals surface area contributed by atoms with Crippen LogP contribution < -0.4 is 9.04 Å². The summed E-state index contributed by atoms with van der Waals surface area (Å²) >= 11 is 0. The number of methoxy groups -OCH3 is 1. The number of hydrogen-bond acceptors (Lipinski definition) is 5. The molecule has 154 valence electrons. The number of carbonyl (C=O) groups is 1. The van der Waals surface area contributed by atoms with E-state index in [2.05, 4.69) is 0 Å². The number of anilines is 1. The van der Waals surface area contributed by atoms with Crippen LogP contribution in [0.5, 0.6) is 5.75 Å². The average Bonchev–Trinajstić information content (AvgIpc) is 3.03.